The van der Waals surface area contributed by atoms with E-state index in [0.717, 1.165) is 25.7 Å². The lowest BCUT2D eigenvalue weighted by molar-refractivity contribution is 0.0153. The van der Waals surface area contributed by atoms with Gasteiger partial charge in [-0.05, 0) is 19.9 Å². The van der Waals surface area contributed by atoms with Crippen molar-refractivity contribution in [2.75, 3.05) is 26.8 Å². The third kappa shape index (κ3) is 2.72. The fourth-order valence-corrected chi connectivity index (χ4v) is 1.92. The molecular formula is C9H18FNO. The highest BCUT2D eigenvalue weighted by Crippen LogP contribution is 2.29. The van der Waals surface area contributed by atoms with E-state index in [1.54, 1.807) is 0 Å². The zero-order valence-electron chi connectivity index (χ0n) is 7.72. The maximum absolute atomic E-state index is 11.9. The van der Waals surface area contributed by atoms with Crippen LogP contribution in [0.3, 0.4) is 0 Å². The molecule has 1 aliphatic carbocycles. The molecule has 0 saturated heterocycles. The first kappa shape index (κ1) is 9.93. The monoisotopic (exact) mass is 175 g/mol. The first-order chi connectivity index (χ1) is 5.66. The second-order valence-corrected chi connectivity index (χ2v) is 3.86. The van der Waals surface area contributed by atoms with Gasteiger partial charge in [0.05, 0.1) is 5.60 Å². The number of aliphatic hydroxyl groups is 1. The van der Waals surface area contributed by atoms with E-state index in [1.165, 1.54) is 0 Å². The molecule has 0 amide bonds. The van der Waals surface area contributed by atoms with Crippen LogP contribution in [0.5, 0.6) is 0 Å². The normalized spacial score (nSPS) is 22.0. The van der Waals surface area contributed by atoms with Crippen molar-refractivity contribution in [3.63, 3.8) is 0 Å². The van der Waals surface area contributed by atoms with Gasteiger partial charge in [0, 0.05) is 13.1 Å². The molecule has 0 spiro atoms. The standard InChI is InChI=1S/C9H18FNO/c1-11(7-6-10)8-9(12)4-2-3-5-9/h12H,2-8H2,1H3. The molecule has 0 unspecified atom stereocenters. The molecule has 1 rings (SSSR count). The third-order valence-corrected chi connectivity index (χ3v) is 2.56. The van der Waals surface area contributed by atoms with E-state index in [9.17, 15) is 9.50 Å². The van der Waals surface area contributed by atoms with Crippen molar-refractivity contribution in [3.05, 3.63) is 0 Å². The second kappa shape index (κ2) is 4.19. The molecule has 0 aromatic rings. The van der Waals surface area contributed by atoms with E-state index >= 15 is 0 Å². The molecule has 0 heterocycles. The van der Waals surface area contributed by atoms with E-state index in [1.807, 2.05) is 11.9 Å². The van der Waals surface area contributed by atoms with Crippen LogP contribution in [0.2, 0.25) is 0 Å². The molecule has 1 saturated carbocycles. The SMILES string of the molecule is CN(CCF)CC1(O)CCCC1. The van der Waals surface area contributed by atoms with Gasteiger partial charge in [0.1, 0.15) is 6.67 Å². The molecule has 12 heavy (non-hydrogen) atoms. The lowest BCUT2D eigenvalue weighted by Gasteiger charge is -2.27. The Labute approximate surface area is 73.4 Å². The van der Waals surface area contributed by atoms with E-state index in [2.05, 4.69) is 0 Å². The van der Waals surface area contributed by atoms with Crippen LogP contribution in [0.25, 0.3) is 0 Å². The quantitative estimate of drug-likeness (QED) is 0.694. The minimum absolute atomic E-state index is 0.327. The van der Waals surface area contributed by atoms with Crippen molar-refractivity contribution in [1.29, 1.82) is 0 Å². The van der Waals surface area contributed by atoms with Crippen LogP contribution in [-0.2, 0) is 0 Å². The Bertz CT molecular complexity index is 134. The topological polar surface area (TPSA) is 23.5 Å². The molecule has 0 aliphatic heterocycles. The molecule has 1 fully saturated rings. The van der Waals surface area contributed by atoms with Gasteiger partial charge >= 0.3 is 0 Å². The zero-order chi connectivity index (χ0) is 9.03. The van der Waals surface area contributed by atoms with Crippen LogP contribution in [0.15, 0.2) is 0 Å². The molecular weight excluding hydrogens is 157 g/mol. The van der Waals surface area contributed by atoms with E-state index in [-0.39, 0.29) is 6.67 Å². The molecule has 3 heteroatoms. The number of halogens is 1. The van der Waals surface area contributed by atoms with Gasteiger partial charge < -0.3 is 10.0 Å². The third-order valence-electron chi connectivity index (χ3n) is 2.56. The fraction of sp³-hybridized carbons (Fsp3) is 1.00. The number of nitrogens with zero attached hydrogens (tertiary/aromatic N) is 1. The van der Waals surface area contributed by atoms with Gasteiger partial charge in [-0.3, -0.25) is 0 Å². The van der Waals surface area contributed by atoms with Gasteiger partial charge in [-0.15, -0.1) is 0 Å². The summed E-state index contributed by atoms with van der Waals surface area (Å²) in [6.07, 6.45) is 3.98. The Hall–Kier alpha value is -0.150. The summed E-state index contributed by atoms with van der Waals surface area (Å²) in [5, 5.41) is 9.92. The summed E-state index contributed by atoms with van der Waals surface area (Å²) in [7, 11) is 1.86. The van der Waals surface area contributed by atoms with E-state index < -0.39 is 5.60 Å². The van der Waals surface area contributed by atoms with Crippen LogP contribution >= 0.6 is 0 Å². The maximum atomic E-state index is 11.9. The van der Waals surface area contributed by atoms with Crippen LogP contribution in [0.4, 0.5) is 4.39 Å². The minimum Gasteiger partial charge on any atom is -0.389 e. The molecule has 0 aromatic carbocycles. The Morgan fingerprint density at radius 2 is 2.00 bits per heavy atom. The molecule has 0 aromatic heterocycles. The summed E-state index contributed by atoms with van der Waals surface area (Å²) in [6, 6.07) is 0. The number of hydrogen-bond donors (Lipinski definition) is 1. The number of alkyl halides is 1. The highest BCUT2D eigenvalue weighted by molar-refractivity contribution is 4.86. The van der Waals surface area contributed by atoms with Crippen molar-refractivity contribution in [1.82, 2.24) is 4.90 Å². The van der Waals surface area contributed by atoms with Gasteiger partial charge in [0.2, 0.25) is 0 Å². The highest BCUT2D eigenvalue weighted by Gasteiger charge is 2.31. The average Bonchev–Trinajstić information content (AvgIpc) is 2.36. The van der Waals surface area contributed by atoms with Crippen LogP contribution in [0.1, 0.15) is 25.7 Å². The molecule has 0 atom stereocenters. The van der Waals surface area contributed by atoms with Crippen LogP contribution in [-0.4, -0.2) is 42.4 Å². The Morgan fingerprint density at radius 3 is 2.50 bits per heavy atom. The van der Waals surface area contributed by atoms with Crippen LogP contribution < -0.4 is 0 Å². The van der Waals surface area contributed by atoms with Gasteiger partial charge in [0.25, 0.3) is 0 Å². The smallest absolute Gasteiger partial charge is 0.102 e. The molecule has 2 nitrogen and oxygen atoms in total. The summed E-state index contributed by atoms with van der Waals surface area (Å²) in [4.78, 5) is 1.87. The van der Waals surface area contributed by atoms with Gasteiger partial charge in [-0.25, -0.2) is 4.39 Å². The summed E-state index contributed by atoms with van der Waals surface area (Å²) in [5.74, 6) is 0. The molecule has 0 radical (unpaired) electrons. The van der Waals surface area contributed by atoms with Crippen molar-refractivity contribution in [2.24, 2.45) is 0 Å². The summed E-state index contributed by atoms with van der Waals surface area (Å²) in [5.41, 5.74) is -0.524. The first-order valence-corrected chi connectivity index (χ1v) is 4.63. The molecule has 1 N–H and O–H groups in total. The van der Waals surface area contributed by atoms with E-state index in [0.29, 0.717) is 13.1 Å². The van der Waals surface area contributed by atoms with Crippen molar-refractivity contribution in [2.45, 2.75) is 31.3 Å². The minimum atomic E-state index is -0.524. The lowest BCUT2D eigenvalue weighted by atomic mass is 10.0. The largest absolute Gasteiger partial charge is 0.389 e. The zero-order valence-corrected chi connectivity index (χ0v) is 7.72. The summed E-state index contributed by atoms with van der Waals surface area (Å²) >= 11 is 0. The maximum Gasteiger partial charge on any atom is 0.102 e. The van der Waals surface area contributed by atoms with Gasteiger partial charge in [0.15, 0.2) is 0 Å². The van der Waals surface area contributed by atoms with Crippen LogP contribution in [0, 0.1) is 0 Å². The molecule has 0 bridgehead atoms. The fourth-order valence-electron chi connectivity index (χ4n) is 1.92. The number of likely N-dealkylation sites (N-methyl/N-ethyl adjacent to an activating group) is 1. The predicted octanol–water partition coefficient (Wildman–Crippen LogP) is 1.19. The predicted molar refractivity (Wildman–Crippen MR) is 46.9 cm³/mol. The van der Waals surface area contributed by atoms with Crippen molar-refractivity contribution in [3.8, 4) is 0 Å². The van der Waals surface area contributed by atoms with Gasteiger partial charge in [-0.1, -0.05) is 12.8 Å². The average molecular weight is 175 g/mol. The Balaban J connectivity index is 2.28. The number of hydrogen-bond acceptors (Lipinski definition) is 2. The Morgan fingerprint density at radius 1 is 1.42 bits per heavy atom. The number of rotatable bonds is 4. The van der Waals surface area contributed by atoms with Crippen molar-refractivity contribution < 1.29 is 9.50 Å². The highest BCUT2D eigenvalue weighted by atomic mass is 19.1. The first-order valence-electron chi connectivity index (χ1n) is 4.63. The Kier molecular flexibility index (Phi) is 3.47. The molecule has 72 valence electrons. The summed E-state index contributed by atoms with van der Waals surface area (Å²) in [6.45, 7) is 0.728. The lowest BCUT2D eigenvalue weighted by Crippen LogP contribution is -2.39. The second-order valence-electron chi connectivity index (χ2n) is 3.86. The van der Waals surface area contributed by atoms with Gasteiger partial charge in [-0.2, -0.15) is 0 Å². The van der Waals surface area contributed by atoms with Crippen molar-refractivity contribution >= 4 is 0 Å². The van der Waals surface area contributed by atoms with E-state index in [4.69, 9.17) is 0 Å². The summed E-state index contributed by atoms with van der Waals surface area (Å²) < 4.78 is 11.9. The molecule has 1 aliphatic rings.